The molecule has 3 rings (SSSR count). The number of hydrogen-bond donors (Lipinski definition) is 1. The Morgan fingerprint density at radius 1 is 1.21 bits per heavy atom. The van der Waals surface area contributed by atoms with Crippen molar-refractivity contribution < 1.29 is 14.3 Å². The van der Waals surface area contributed by atoms with Crippen molar-refractivity contribution in [3.63, 3.8) is 0 Å². The Hall–Kier alpha value is -3.49. The van der Waals surface area contributed by atoms with Gasteiger partial charge in [0.2, 0.25) is 5.91 Å². The smallest absolute Gasteiger partial charge is 0.338 e. The Morgan fingerprint density at radius 2 is 1.97 bits per heavy atom. The van der Waals surface area contributed by atoms with Crippen molar-refractivity contribution in [2.45, 2.75) is 32.7 Å². The van der Waals surface area contributed by atoms with Crippen molar-refractivity contribution in [2.75, 3.05) is 11.9 Å². The van der Waals surface area contributed by atoms with Gasteiger partial charge in [-0.15, -0.1) is 0 Å². The van der Waals surface area contributed by atoms with Crippen molar-refractivity contribution in [3.05, 3.63) is 52.7 Å². The number of unbranched alkanes of at least 4 members (excludes halogenated alkanes) is 1. The van der Waals surface area contributed by atoms with E-state index < -0.39 is 0 Å². The van der Waals surface area contributed by atoms with E-state index in [9.17, 15) is 14.4 Å². The van der Waals surface area contributed by atoms with Crippen molar-refractivity contribution in [1.29, 1.82) is 0 Å². The zero-order valence-electron chi connectivity index (χ0n) is 16.4. The van der Waals surface area contributed by atoms with E-state index in [1.165, 1.54) is 21.8 Å². The van der Waals surface area contributed by atoms with Crippen LogP contribution in [0.15, 0.2) is 41.6 Å². The molecule has 0 atom stereocenters. The zero-order valence-corrected chi connectivity index (χ0v) is 16.4. The molecule has 9 heteroatoms. The lowest BCUT2D eigenvalue weighted by atomic mass is 10.2. The van der Waals surface area contributed by atoms with Gasteiger partial charge in [0, 0.05) is 25.7 Å². The SMILES string of the molecule is CCCCOC(=O)c1ccc(NC(=O)CCn2cnc3c(cnn3C)c2=O)cc1. The van der Waals surface area contributed by atoms with Crippen LogP contribution in [-0.2, 0) is 23.1 Å². The molecule has 0 bridgehead atoms. The first-order valence-corrected chi connectivity index (χ1v) is 9.43. The number of rotatable bonds is 8. The number of hydrogen-bond acceptors (Lipinski definition) is 6. The normalized spacial score (nSPS) is 10.8. The van der Waals surface area contributed by atoms with Gasteiger partial charge in [-0.25, -0.2) is 9.78 Å². The maximum absolute atomic E-state index is 12.4. The highest BCUT2D eigenvalue weighted by Gasteiger charge is 2.11. The Kier molecular flexibility index (Phi) is 6.38. The summed E-state index contributed by atoms with van der Waals surface area (Å²) >= 11 is 0. The van der Waals surface area contributed by atoms with Gasteiger partial charge < -0.3 is 10.1 Å². The molecule has 0 fully saturated rings. The van der Waals surface area contributed by atoms with Gasteiger partial charge in [0.05, 0.1) is 24.7 Å². The second-order valence-electron chi connectivity index (χ2n) is 6.61. The summed E-state index contributed by atoms with van der Waals surface area (Å²) in [7, 11) is 1.71. The molecule has 1 N–H and O–H groups in total. The van der Waals surface area contributed by atoms with E-state index in [2.05, 4.69) is 15.4 Å². The molecule has 0 radical (unpaired) electrons. The molecule has 2 aromatic heterocycles. The highest BCUT2D eigenvalue weighted by molar-refractivity contribution is 5.93. The fourth-order valence-electron chi connectivity index (χ4n) is 2.75. The number of anilines is 1. The first-order chi connectivity index (χ1) is 14.0. The van der Waals surface area contributed by atoms with E-state index in [4.69, 9.17) is 4.74 Å². The topological polar surface area (TPSA) is 108 Å². The quantitative estimate of drug-likeness (QED) is 0.461. The molecule has 0 unspecified atom stereocenters. The van der Waals surface area contributed by atoms with Crippen LogP contribution < -0.4 is 10.9 Å². The van der Waals surface area contributed by atoms with Gasteiger partial charge in [-0.05, 0) is 30.7 Å². The highest BCUT2D eigenvalue weighted by Crippen LogP contribution is 2.11. The van der Waals surface area contributed by atoms with Gasteiger partial charge >= 0.3 is 5.97 Å². The fourth-order valence-corrected chi connectivity index (χ4v) is 2.75. The Labute approximate surface area is 167 Å². The lowest BCUT2D eigenvalue weighted by molar-refractivity contribution is -0.116. The molecule has 0 saturated heterocycles. The minimum Gasteiger partial charge on any atom is -0.462 e. The Balaban J connectivity index is 1.55. The summed E-state index contributed by atoms with van der Waals surface area (Å²) in [6.45, 7) is 2.62. The van der Waals surface area contributed by atoms with Gasteiger partial charge in [0.15, 0.2) is 5.65 Å². The average molecular weight is 397 g/mol. The van der Waals surface area contributed by atoms with Gasteiger partial charge in [-0.3, -0.25) is 18.8 Å². The first-order valence-electron chi connectivity index (χ1n) is 9.43. The molecule has 0 aliphatic rings. The first kappa shape index (κ1) is 20.2. The average Bonchev–Trinajstić information content (AvgIpc) is 3.10. The largest absolute Gasteiger partial charge is 0.462 e. The Bertz CT molecular complexity index is 1070. The number of nitrogens with zero attached hydrogens (tertiary/aromatic N) is 4. The molecular formula is C20H23N5O4. The monoisotopic (exact) mass is 397 g/mol. The Morgan fingerprint density at radius 3 is 2.69 bits per heavy atom. The van der Waals surface area contributed by atoms with Gasteiger partial charge in [0.25, 0.3) is 5.56 Å². The summed E-state index contributed by atoms with van der Waals surface area (Å²) in [5.74, 6) is -0.629. The third-order valence-corrected chi connectivity index (χ3v) is 4.43. The van der Waals surface area contributed by atoms with E-state index in [0.717, 1.165) is 12.8 Å². The number of nitrogens with one attached hydrogen (secondary N) is 1. The van der Waals surface area contributed by atoms with Crippen LogP contribution in [-0.4, -0.2) is 37.8 Å². The number of amides is 1. The minimum absolute atomic E-state index is 0.105. The molecule has 0 aliphatic heterocycles. The molecule has 0 saturated carbocycles. The summed E-state index contributed by atoms with van der Waals surface area (Å²) in [6, 6.07) is 6.50. The number of carbonyl (C=O) groups is 2. The lowest BCUT2D eigenvalue weighted by Gasteiger charge is -2.08. The molecule has 1 amide bonds. The predicted molar refractivity (Wildman–Crippen MR) is 108 cm³/mol. The number of carbonyl (C=O) groups excluding carboxylic acids is 2. The van der Waals surface area contributed by atoms with Crippen molar-refractivity contribution in [3.8, 4) is 0 Å². The van der Waals surface area contributed by atoms with Crippen LogP contribution >= 0.6 is 0 Å². The minimum atomic E-state index is -0.381. The summed E-state index contributed by atoms with van der Waals surface area (Å²) in [5.41, 5.74) is 1.26. The van der Waals surface area contributed by atoms with Crippen LogP contribution in [0.5, 0.6) is 0 Å². The molecule has 2 heterocycles. The van der Waals surface area contributed by atoms with E-state index >= 15 is 0 Å². The lowest BCUT2D eigenvalue weighted by Crippen LogP contribution is -2.23. The second-order valence-corrected chi connectivity index (χ2v) is 6.61. The van der Waals surface area contributed by atoms with Crippen LogP contribution in [0.2, 0.25) is 0 Å². The summed E-state index contributed by atoms with van der Waals surface area (Å²) < 4.78 is 8.06. The fraction of sp³-hybridized carbons (Fsp3) is 0.350. The number of aromatic nitrogens is 4. The third kappa shape index (κ3) is 4.87. The van der Waals surface area contributed by atoms with Gasteiger partial charge in [-0.1, -0.05) is 13.3 Å². The van der Waals surface area contributed by atoms with Crippen LogP contribution in [0.3, 0.4) is 0 Å². The van der Waals surface area contributed by atoms with Crippen molar-refractivity contribution in [1.82, 2.24) is 19.3 Å². The van der Waals surface area contributed by atoms with Crippen LogP contribution in [0, 0.1) is 0 Å². The molecule has 0 aliphatic carbocycles. The molecule has 1 aromatic carbocycles. The van der Waals surface area contributed by atoms with Gasteiger partial charge in [-0.2, -0.15) is 5.10 Å². The molecule has 0 spiro atoms. The number of aryl methyl sites for hydroxylation is 2. The third-order valence-electron chi connectivity index (χ3n) is 4.43. The zero-order chi connectivity index (χ0) is 20.8. The van der Waals surface area contributed by atoms with E-state index in [-0.39, 0.29) is 30.4 Å². The number of ether oxygens (including phenoxy) is 1. The molecule has 152 valence electrons. The number of fused-ring (bicyclic) bond motifs is 1. The van der Waals surface area contributed by atoms with Crippen molar-refractivity contribution >= 4 is 28.6 Å². The van der Waals surface area contributed by atoms with Gasteiger partial charge in [0.1, 0.15) is 5.39 Å². The van der Waals surface area contributed by atoms with E-state index in [0.29, 0.717) is 28.9 Å². The summed E-state index contributed by atoms with van der Waals surface area (Å²) in [4.78, 5) is 40.7. The standard InChI is InChI=1S/C20H23N5O4/c1-3-4-11-29-20(28)14-5-7-15(8-6-14)23-17(26)9-10-25-13-21-18-16(19(25)27)12-22-24(18)2/h5-8,12-13H,3-4,9-11H2,1-2H3,(H,23,26). The second kappa shape index (κ2) is 9.13. The number of benzene rings is 1. The van der Waals surface area contributed by atoms with E-state index in [1.54, 1.807) is 31.3 Å². The maximum atomic E-state index is 12.4. The molecule has 3 aromatic rings. The van der Waals surface area contributed by atoms with Crippen LogP contribution in [0.25, 0.3) is 11.0 Å². The van der Waals surface area contributed by atoms with Crippen molar-refractivity contribution in [2.24, 2.45) is 7.05 Å². The van der Waals surface area contributed by atoms with Crippen LogP contribution in [0.1, 0.15) is 36.5 Å². The van der Waals surface area contributed by atoms with E-state index in [1.807, 2.05) is 6.92 Å². The predicted octanol–water partition coefficient (Wildman–Crippen LogP) is 2.12. The molecule has 29 heavy (non-hydrogen) atoms. The van der Waals surface area contributed by atoms with Crippen LogP contribution in [0.4, 0.5) is 5.69 Å². The maximum Gasteiger partial charge on any atom is 0.338 e. The number of esters is 1. The molecule has 9 nitrogen and oxygen atoms in total. The molecular weight excluding hydrogens is 374 g/mol. The highest BCUT2D eigenvalue weighted by atomic mass is 16.5. The summed E-state index contributed by atoms with van der Waals surface area (Å²) in [5, 5.41) is 7.18. The summed E-state index contributed by atoms with van der Waals surface area (Å²) in [6.07, 6.45) is 4.77.